The summed E-state index contributed by atoms with van der Waals surface area (Å²) in [6.07, 6.45) is 4.01. The second-order valence-electron chi connectivity index (χ2n) is 4.45. The maximum absolute atomic E-state index is 12.0. The van der Waals surface area contributed by atoms with Gasteiger partial charge in [0, 0.05) is 25.7 Å². The smallest absolute Gasteiger partial charge is 0.328 e. The fraction of sp³-hybridized carbons (Fsp3) is 0.133. The van der Waals surface area contributed by atoms with Gasteiger partial charge in [0.05, 0.1) is 6.20 Å². The average Bonchev–Trinajstić information content (AvgIpc) is 2.99. The number of aliphatic carboxylic acids is 1. The van der Waals surface area contributed by atoms with Crippen molar-refractivity contribution in [2.45, 2.75) is 6.54 Å². The molecule has 0 unspecified atom stereocenters. The molecule has 1 aromatic carbocycles. The lowest BCUT2D eigenvalue weighted by Crippen LogP contribution is -2.25. The van der Waals surface area contributed by atoms with Crippen LogP contribution in [-0.2, 0) is 11.3 Å². The number of carbonyl (C=O) groups is 2. The molecule has 0 aliphatic heterocycles. The summed E-state index contributed by atoms with van der Waals surface area (Å²) < 4.78 is 4.82. The topological polar surface area (TPSA) is 83.6 Å². The molecule has 1 aromatic heterocycles. The van der Waals surface area contributed by atoms with E-state index in [1.54, 1.807) is 19.2 Å². The fourth-order valence-corrected chi connectivity index (χ4v) is 1.76. The number of carboxylic acids is 1. The predicted octanol–water partition coefficient (Wildman–Crippen LogP) is 2.04. The van der Waals surface area contributed by atoms with Gasteiger partial charge in [0.25, 0.3) is 5.91 Å². The minimum atomic E-state index is -0.989. The zero-order chi connectivity index (χ0) is 15.2. The lowest BCUT2D eigenvalue weighted by atomic mass is 10.1. The fourth-order valence-electron chi connectivity index (χ4n) is 1.76. The second kappa shape index (κ2) is 6.51. The molecule has 0 spiro atoms. The minimum absolute atomic E-state index is 0.193. The van der Waals surface area contributed by atoms with Crippen LogP contribution >= 0.6 is 0 Å². The number of benzene rings is 1. The molecule has 6 nitrogen and oxygen atoms in total. The highest BCUT2D eigenvalue weighted by molar-refractivity contribution is 5.91. The van der Waals surface area contributed by atoms with Crippen LogP contribution in [0.3, 0.4) is 0 Å². The molecule has 0 aliphatic rings. The van der Waals surface area contributed by atoms with E-state index in [9.17, 15) is 9.59 Å². The zero-order valence-electron chi connectivity index (χ0n) is 11.4. The standard InChI is InChI=1S/C15H14N2O4/c1-17(15(20)13-8-9-16-21-13)10-12-4-2-11(3-5-12)6-7-14(18)19/h2-9H,10H2,1H3,(H,18,19). The lowest BCUT2D eigenvalue weighted by Gasteiger charge is -2.15. The largest absolute Gasteiger partial charge is 0.478 e. The monoisotopic (exact) mass is 286 g/mol. The van der Waals surface area contributed by atoms with Gasteiger partial charge in [-0.3, -0.25) is 4.79 Å². The van der Waals surface area contributed by atoms with Gasteiger partial charge >= 0.3 is 5.97 Å². The van der Waals surface area contributed by atoms with Crippen molar-refractivity contribution in [3.63, 3.8) is 0 Å². The number of rotatable bonds is 5. The Labute approximate surface area is 121 Å². The summed E-state index contributed by atoms with van der Waals surface area (Å²) in [6.45, 7) is 0.419. The molecule has 0 saturated carbocycles. The van der Waals surface area contributed by atoms with E-state index in [0.29, 0.717) is 6.54 Å². The van der Waals surface area contributed by atoms with Crippen LogP contribution in [0.2, 0.25) is 0 Å². The van der Waals surface area contributed by atoms with Gasteiger partial charge in [-0.15, -0.1) is 0 Å². The van der Waals surface area contributed by atoms with Crippen LogP contribution in [0.25, 0.3) is 6.08 Å². The van der Waals surface area contributed by atoms with Crippen molar-refractivity contribution in [3.8, 4) is 0 Å². The van der Waals surface area contributed by atoms with Crippen LogP contribution in [0.4, 0.5) is 0 Å². The molecule has 108 valence electrons. The van der Waals surface area contributed by atoms with Gasteiger partial charge in [-0.1, -0.05) is 29.4 Å². The molecule has 0 aliphatic carbocycles. The SMILES string of the molecule is CN(Cc1ccc(C=CC(=O)O)cc1)C(=O)c1ccno1. The highest BCUT2D eigenvalue weighted by Crippen LogP contribution is 2.10. The summed E-state index contributed by atoms with van der Waals surface area (Å²) in [5, 5.41) is 12.1. The Bertz CT molecular complexity index is 645. The molecule has 2 aromatic rings. The van der Waals surface area contributed by atoms with Crippen molar-refractivity contribution in [1.82, 2.24) is 10.1 Å². The van der Waals surface area contributed by atoms with Crippen LogP contribution in [-0.4, -0.2) is 34.1 Å². The zero-order valence-corrected chi connectivity index (χ0v) is 11.4. The predicted molar refractivity (Wildman–Crippen MR) is 75.4 cm³/mol. The van der Waals surface area contributed by atoms with E-state index >= 15 is 0 Å². The molecule has 2 rings (SSSR count). The van der Waals surface area contributed by atoms with Gasteiger partial charge in [0.15, 0.2) is 0 Å². The number of nitrogens with zero attached hydrogens (tertiary/aromatic N) is 2. The highest BCUT2D eigenvalue weighted by atomic mass is 16.5. The van der Waals surface area contributed by atoms with Crippen LogP contribution in [0, 0.1) is 0 Å². The average molecular weight is 286 g/mol. The van der Waals surface area contributed by atoms with Gasteiger partial charge < -0.3 is 14.5 Å². The normalized spacial score (nSPS) is 10.7. The number of aromatic nitrogens is 1. The number of carboxylic acid groups (broad SMARTS) is 1. The van der Waals surface area contributed by atoms with Gasteiger partial charge in [0.1, 0.15) is 0 Å². The molecule has 0 atom stereocenters. The van der Waals surface area contributed by atoms with Crippen molar-refractivity contribution in [3.05, 3.63) is 59.5 Å². The molecule has 0 saturated heterocycles. The molecule has 6 heteroatoms. The first-order valence-electron chi connectivity index (χ1n) is 6.22. The van der Waals surface area contributed by atoms with Gasteiger partial charge in [-0.2, -0.15) is 0 Å². The Hall–Kier alpha value is -2.89. The summed E-state index contributed by atoms with van der Waals surface area (Å²) in [5.41, 5.74) is 1.71. The van der Waals surface area contributed by atoms with Crippen LogP contribution in [0.15, 0.2) is 47.1 Å². The first-order valence-corrected chi connectivity index (χ1v) is 6.22. The van der Waals surface area contributed by atoms with Crippen molar-refractivity contribution in [2.24, 2.45) is 0 Å². The first-order chi connectivity index (χ1) is 10.1. The van der Waals surface area contributed by atoms with E-state index in [1.165, 1.54) is 23.2 Å². The van der Waals surface area contributed by atoms with Crippen LogP contribution < -0.4 is 0 Å². The summed E-state index contributed by atoms with van der Waals surface area (Å²) in [7, 11) is 1.67. The number of carbonyl (C=O) groups excluding carboxylic acids is 1. The molecular formula is C15H14N2O4. The third-order valence-corrected chi connectivity index (χ3v) is 2.81. The number of hydrogen-bond acceptors (Lipinski definition) is 4. The molecule has 0 bridgehead atoms. The number of hydrogen-bond donors (Lipinski definition) is 1. The van der Waals surface area contributed by atoms with Crippen molar-refractivity contribution < 1.29 is 19.2 Å². The second-order valence-corrected chi connectivity index (χ2v) is 4.45. The van der Waals surface area contributed by atoms with Crippen LogP contribution in [0.5, 0.6) is 0 Å². The Morgan fingerprint density at radius 2 is 2.00 bits per heavy atom. The summed E-state index contributed by atoms with van der Waals surface area (Å²) in [5.74, 6) is -1.04. The van der Waals surface area contributed by atoms with Crippen molar-refractivity contribution in [1.29, 1.82) is 0 Å². The van der Waals surface area contributed by atoms with Gasteiger partial charge in [-0.05, 0) is 17.2 Å². The maximum atomic E-state index is 12.0. The highest BCUT2D eigenvalue weighted by Gasteiger charge is 2.15. The summed E-state index contributed by atoms with van der Waals surface area (Å²) >= 11 is 0. The minimum Gasteiger partial charge on any atom is -0.478 e. The van der Waals surface area contributed by atoms with E-state index < -0.39 is 5.97 Å². The number of amides is 1. The maximum Gasteiger partial charge on any atom is 0.328 e. The van der Waals surface area contributed by atoms with Crippen molar-refractivity contribution in [2.75, 3.05) is 7.05 Å². The third-order valence-electron chi connectivity index (χ3n) is 2.81. The Kier molecular flexibility index (Phi) is 4.50. The van der Waals surface area contributed by atoms with E-state index in [2.05, 4.69) is 5.16 Å². The third kappa shape index (κ3) is 4.04. The van der Waals surface area contributed by atoms with Gasteiger partial charge in [-0.25, -0.2) is 4.79 Å². The van der Waals surface area contributed by atoms with E-state index in [-0.39, 0.29) is 11.7 Å². The Morgan fingerprint density at radius 3 is 2.57 bits per heavy atom. The molecule has 21 heavy (non-hydrogen) atoms. The Morgan fingerprint density at radius 1 is 1.29 bits per heavy atom. The van der Waals surface area contributed by atoms with E-state index in [1.807, 2.05) is 12.1 Å². The summed E-state index contributed by atoms with van der Waals surface area (Å²) in [4.78, 5) is 23.9. The quantitative estimate of drug-likeness (QED) is 0.850. The molecule has 1 N–H and O–H groups in total. The first kappa shape index (κ1) is 14.5. The molecule has 1 amide bonds. The Balaban J connectivity index is 2.00. The van der Waals surface area contributed by atoms with Crippen molar-refractivity contribution >= 4 is 18.0 Å². The molecule has 1 heterocycles. The molecule has 0 radical (unpaired) electrons. The summed E-state index contributed by atoms with van der Waals surface area (Å²) in [6, 6.07) is 8.78. The van der Waals surface area contributed by atoms with E-state index in [0.717, 1.165) is 17.2 Å². The van der Waals surface area contributed by atoms with Gasteiger partial charge in [0.2, 0.25) is 5.76 Å². The lowest BCUT2D eigenvalue weighted by molar-refractivity contribution is -0.131. The molecule has 0 fully saturated rings. The van der Waals surface area contributed by atoms with Crippen LogP contribution in [0.1, 0.15) is 21.7 Å². The molecular weight excluding hydrogens is 272 g/mol. The van der Waals surface area contributed by atoms with E-state index in [4.69, 9.17) is 9.63 Å².